The summed E-state index contributed by atoms with van der Waals surface area (Å²) >= 11 is 6.39. The van der Waals surface area contributed by atoms with E-state index in [-0.39, 0.29) is 47.2 Å². The molecule has 0 saturated heterocycles. The topological polar surface area (TPSA) is 158 Å². The van der Waals surface area contributed by atoms with Crippen molar-refractivity contribution in [3.05, 3.63) is 77.0 Å². The molecule has 4 aromatic rings. The van der Waals surface area contributed by atoms with Gasteiger partial charge in [0.25, 0.3) is 12.3 Å². The van der Waals surface area contributed by atoms with E-state index in [0.717, 1.165) is 20.6 Å². The van der Waals surface area contributed by atoms with Crippen molar-refractivity contribution >= 4 is 29.6 Å². The predicted molar refractivity (Wildman–Crippen MR) is 187 cm³/mol. The van der Waals surface area contributed by atoms with E-state index in [1.165, 1.54) is 48.7 Å². The van der Waals surface area contributed by atoms with Crippen molar-refractivity contribution in [2.45, 2.75) is 88.9 Å². The summed E-state index contributed by atoms with van der Waals surface area (Å²) in [5.41, 5.74) is 2.76. The third-order valence-electron chi connectivity index (χ3n) is 9.61. The van der Waals surface area contributed by atoms with Crippen molar-refractivity contribution in [1.82, 2.24) is 40.0 Å². The van der Waals surface area contributed by atoms with E-state index in [9.17, 15) is 44.7 Å². The zero-order valence-corrected chi connectivity index (χ0v) is 31.3. The summed E-state index contributed by atoms with van der Waals surface area (Å²) in [5.74, 6) is -1.91. The van der Waals surface area contributed by atoms with Gasteiger partial charge >= 0.3 is 18.4 Å². The van der Waals surface area contributed by atoms with E-state index >= 15 is 0 Å². The molecule has 1 saturated carbocycles. The van der Waals surface area contributed by atoms with Gasteiger partial charge in [0.05, 0.1) is 22.9 Å². The van der Waals surface area contributed by atoms with Crippen LogP contribution in [-0.4, -0.2) is 77.6 Å². The SMILES string of the molecule is CC(NC(=O)OC[C@H](c1ccc(Cl)c(-n2ncnc2C(F)F)c1)N1C(=O)[C@@](CC(C)(C)C)(c2ccc(-c3cn(C4(C(F)(F)F)CC4)nn3)cc2)N=C1N)C(F)(F)F. The van der Waals surface area contributed by atoms with Crippen molar-refractivity contribution in [2.75, 3.05) is 6.61 Å². The van der Waals surface area contributed by atoms with Crippen LogP contribution in [0.25, 0.3) is 16.9 Å². The van der Waals surface area contributed by atoms with Crippen LogP contribution in [0.3, 0.4) is 0 Å². The number of hydrogen-bond acceptors (Lipinski definition) is 9. The Morgan fingerprint density at radius 3 is 2.30 bits per heavy atom. The summed E-state index contributed by atoms with van der Waals surface area (Å²) in [6, 6.07) is 6.29. The van der Waals surface area contributed by atoms with E-state index in [2.05, 4.69) is 25.4 Å². The van der Waals surface area contributed by atoms with Crippen LogP contribution in [0.5, 0.6) is 0 Å². The van der Waals surface area contributed by atoms with Gasteiger partial charge in [0.1, 0.15) is 24.7 Å². The Kier molecular flexibility index (Phi) is 10.5. The standard InChI is InChI=1S/C35H35ClF8N10O3/c1-18(34(39,40)41)48-30(56)57-15-25(20-7-10-22(36)24(13-20)54-27(26(37)38)46-17-47-54)53-28(55)33(49-29(53)45,16-31(2,3)4)21-8-5-19(6-9-21)23-14-52(51-50-23)32(11-12-32)35(42,43)44/h5-10,13-14,17-18,25-26H,11-12,15-16H2,1-4H3,(H2,45,49)(H,48,56)/t18?,25-,33-/m1/s1. The second-order valence-corrected chi connectivity index (χ2v) is 15.4. The lowest BCUT2D eigenvalue weighted by atomic mass is 9.75. The average molecular weight is 831 g/mol. The lowest BCUT2D eigenvalue weighted by Gasteiger charge is -2.35. The molecule has 2 aromatic carbocycles. The molecule has 3 N–H and O–H groups in total. The van der Waals surface area contributed by atoms with E-state index < -0.39 is 71.8 Å². The largest absolute Gasteiger partial charge is 0.447 e. The zero-order chi connectivity index (χ0) is 41.9. The Labute approximate surface area is 324 Å². The monoisotopic (exact) mass is 830 g/mol. The predicted octanol–water partition coefficient (Wildman–Crippen LogP) is 7.37. The number of alkyl carbamates (subject to hydrolysis) is 1. The van der Waals surface area contributed by atoms with Crippen LogP contribution in [-0.2, 0) is 20.6 Å². The Hall–Kier alpha value is -5.34. The van der Waals surface area contributed by atoms with Crippen LogP contribution in [0.1, 0.15) is 76.4 Å². The van der Waals surface area contributed by atoms with Crippen LogP contribution in [0, 0.1) is 5.41 Å². The number of hydrogen-bond donors (Lipinski definition) is 2. The number of nitrogens with two attached hydrogens (primary N) is 1. The van der Waals surface area contributed by atoms with Crippen molar-refractivity contribution in [3.63, 3.8) is 0 Å². The highest BCUT2D eigenvalue weighted by atomic mass is 35.5. The fourth-order valence-electron chi connectivity index (χ4n) is 6.62. The Morgan fingerprint density at radius 2 is 1.72 bits per heavy atom. The van der Waals surface area contributed by atoms with Crippen molar-refractivity contribution < 1.29 is 49.4 Å². The third-order valence-corrected chi connectivity index (χ3v) is 9.93. The molecule has 2 amide bonds. The molecule has 6 rings (SSSR count). The fraction of sp³-hybridized carbons (Fsp3) is 0.457. The van der Waals surface area contributed by atoms with Gasteiger partial charge in [-0.15, -0.1) is 5.10 Å². The summed E-state index contributed by atoms with van der Waals surface area (Å²) in [6.07, 6.45) is -12.1. The molecule has 1 fully saturated rings. The number of nitrogens with zero attached hydrogens (tertiary/aromatic N) is 8. The molecule has 1 aliphatic carbocycles. The van der Waals surface area contributed by atoms with E-state index in [0.29, 0.717) is 18.1 Å². The van der Waals surface area contributed by atoms with Gasteiger partial charge in [-0.25, -0.2) is 32.9 Å². The van der Waals surface area contributed by atoms with Crippen LogP contribution in [0.15, 0.2) is 60.0 Å². The summed E-state index contributed by atoms with van der Waals surface area (Å²) in [7, 11) is 0. The Balaban J connectivity index is 1.39. The number of aromatic nitrogens is 6. The highest BCUT2D eigenvalue weighted by Gasteiger charge is 2.66. The van der Waals surface area contributed by atoms with Gasteiger partial charge in [0.15, 0.2) is 22.9 Å². The Bertz CT molecular complexity index is 2180. The van der Waals surface area contributed by atoms with Crippen molar-refractivity contribution in [3.8, 4) is 16.9 Å². The summed E-state index contributed by atoms with van der Waals surface area (Å²) in [6.45, 7) is 5.37. The number of carbonyl (C=O) groups is 2. The molecule has 13 nitrogen and oxygen atoms in total. The first-order valence-corrected chi connectivity index (χ1v) is 17.6. The molecule has 3 heterocycles. The number of halogens is 9. The van der Waals surface area contributed by atoms with Crippen LogP contribution in [0.2, 0.25) is 5.02 Å². The quantitative estimate of drug-likeness (QED) is 0.148. The smallest absolute Gasteiger partial charge is 0.413 e. The van der Waals surface area contributed by atoms with E-state index in [1.807, 2.05) is 20.8 Å². The highest BCUT2D eigenvalue weighted by Crippen LogP contribution is 2.55. The van der Waals surface area contributed by atoms with Gasteiger partial charge in [-0.05, 0) is 54.9 Å². The van der Waals surface area contributed by atoms with Crippen molar-refractivity contribution in [1.29, 1.82) is 0 Å². The molecule has 306 valence electrons. The molecule has 0 spiro atoms. The molecule has 57 heavy (non-hydrogen) atoms. The first kappa shape index (κ1) is 41.3. The van der Waals surface area contributed by atoms with E-state index in [4.69, 9.17) is 22.1 Å². The number of ether oxygens (including phenoxy) is 1. The molecule has 0 radical (unpaired) electrons. The summed E-state index contributed by atoms with van der Waals surface area (Å²) in [5, 5.41) is 13.1. The maximum Gasteiger partial charge on any atom is 0.413 e. The van der Waals surface area contributed by atoms with Crippen LogP contribution < -0.4 is 11.1 Å². The Morgan fingerprint density at radius 1 is 1.05 bits per heavy atom. The van der Waals surface area contributed by atoms with Crippen LogP contribution >= 0.6 is 11.6 Å². The number of benzene rings is 2. The maximum atomic E-state index is 14.9. The minimum absolute atomic E-state index is 0.0272. The molecule has 2 aliphatic rings. The van der Waals surface area contributed by atoms with Gasteiger partial charge < -0.3 is 15.8 Å². The first-order chi connectivity index (χ1) is 26.5. The number of guanidine groups is 1. The molecular formula is C35H35ClF8N10O3. The van der Waals surface area contributed by atoms with Gasteiger partial charge in [0, 0.05) is 5.56 Å². The third kappa shape index (κ3) is 7.97. The lowest BCUT2D eigenvalue weighted by Crippen LogP contribution is -2.48. The number of rotatable bonds is 11. The molecule has 22 heteroatoms. The molecule has 1 unspecified atom stereocenters. The first-order valence-electron chi connectivity index (χ1n) is 17.2. The molecular weight excluding hydrogens is 796 g/mol. The second kappa shape index (κ2) is 14.6. The number of alkyl halides is 8. The number of amides is 2. The highest BCUT2D eigenvalue weighted by molar-refractivity contribution is 6.32. The number of nitrogens with one attached hydrogen (secondary N) is 1. The van der Waals surface area contributed by atoms with Gasteiger partial charge in [-0.1, -0.05) is 67.9 Å². The molecule has 1 aliphatic heterocycles. The average Bonchev–Trinajstić information content (AvgIpc) is 3.43. The lowest BCUT2D eigenvalue weighted by molar-refractivity contribution is -0.183. The number of aliphatic imine (C=N–C) groups is 1. The molecule has 2 aromatic heterocycles. The fourth-order valence-corrected chi connectivity index (χ4v) is 6.81. The van der Waals surface area contributed by atoms with Gasteiger partial charge in [-0.2, -0.15) is 31.4 Å². The summed E-state index contributed by atoms with van der Waals surface area (Å²) < 4.78 is 115. The normalized spacial score (nSPS) is 19.4. The van der Waals surface area contributed by atoms with E-state index in [1.54, 1.807) is 5.32 Å². The van der Waals surface area contributed by atoms with Crippen LogP contribution in [0.4, 0.5) is 39.9 Å². The minimum Gasteiger partial charge on any atom is -0.447 e. The second-order valence-electron chi connectivity index (χ2n) is 15.0. The maximum absolute atomic E-state index is 14.9. The molecule has 3 atom stereocenters. The van der Waals surface area contributed by atoms with Gasteiger partial charge in [-0.3, -0.25) is 9.69 Å². The summed E-state index contributed by atoms with van der Waals surface area (Å²) in [4.78, 5) is 36.8. The van der Waals surface area contributed by atoms with Crippen molar-refractivity contribution in [2.24, 2.45) is 16.1 Å². The minimum atomic E-state index is -4.81. The van der Waals surface area contributed by atoms with Gasteiger partial charge in [0.2, 0.25) is 0 Å². The molecule has 0 bridgehead atoms. The number of carbonyl (C=O) groups excluding carboxylic acids is 2. The zero-order valence-electron chi connectivity index (χ0n) is 30.5.